The highest BCUT2D eigenvalue weighted by atomic mass is 32.2. The number of primary sulfonamides is 2. The summed E-state index contributed by atoms with van der Waals surface area (Å²) in [7, 11) is -19.5. The normalized spacial score (nSPS) is 16.7. The van der Waals surface area contributed by atoms with Gasteiger partial charge >= 0.3 is 0 Å². The molecule has 0 atom stereocenters. The Balaban J connectivity index is 0.000000316. The minimum atomic E-state index is -5.05. The summed E-state index contributed by atoms with van der Waals surface area (Å²) < 4.78 is 185. The maximum Gasteiger partial charge on any atom is 0.244 e. The van der Waals surface area contributed by atoms with Crippen LogP contribution < -0.4 is 26.6 Å². The molecular formula is C34H47F6N5O10S4. The molecule has 0 heterocycles. The molecule has 0 bridgehead atoms. The number of hydrogen-bond acceptors (Lipinski definition) is 12. The highest BCUT2D eigenvalue weighted by molar-refractivity contribution is 7.92. The number of hydrogen-bond donors (Lipinski definition) is 5. The van der Waals surface area contributed by atoms with E-state index in [1.807, 2.05) is 0 Å². The van der Waals surface area contributed by atoms with Gasteiger partial charge in [-0.1, -0.05) is 64.2 Å². The van der Waals surface area contributed by atoms with Crippen LogP contribution in [0.2, 0.25) is 0 Å². The molecule has 8 N–H and O–H groups in total. The van der Waals surface area contributed by atoms with Crippen LogP contribution in [-0.2, 0) is 49.3 Å². The third kappa shape index (κ3) is 13.0. The van der Waals surface area contributed by atoms with Crippen molar-refractivity contribution < 1.29 is 69.6 Å². The van der Waals surface area contributed by atoms with E-state index in [0.29, 0.717) is 25.7 Å². The molecule has 0 radical (unpaired) electrons. The summed E-state index contributed by atoms with van der Waals surface area (Å²) in [6, 6.07) is -0.967. The second kappa shape index (κ2) is 20.8. The molecule has 25 heteroatoms. The molecule has 2 aromatic rings. The second-order valence-corrected chi connectivity index (χ2v) is 21.3. The first-order chi connectivity index (χ1) is 27.4. The molecular weight excluding hydrogens is 881 g/mol. The van der Waals surface area contributed by atoms with E-state index < -0.39 is 148 Å². The number of nitrogens with two attached hydrogens (primary N) is 3. The number of sulfonamides is 2. The number of benzene rings is 2. The van der Waals surface area contributed by atoms with Crippen molar-refractivity contribution in [3.05, 3.63) is 34.9 Å². The fraction of sp³-hybridized carbons (Fsp3) is 0.588. The minimum Gasteiger partial charge on any atom is -0.379 e. The quantitative estimate of drug-likeness (QED) is 0.0991. The number of amides is 1. The molecule has 2 saturated carbocycles. The molecule has 4 rings (SSSR count). The molecule has 0 aliphatic heterocycles. The highest BCUT2D eigenvalue weighted by Gasteiger charge is 2.38. The Morgan fingerprint density at radius 1 is 0.525 bits per heavy atom. The van der Waals surface area contributed by atoms with Crippen molar-refractivity contribution in [2.45, 2.75) is 134 Å². The van der Waals surface area contributed by atoms with Crippen LogP contribution in [0, 0.1) is 34.9 Å². The summed E-state index contributed by atoms with van der Waals surface area (Å²) in [6.45, 7) is 0. The maximum atomic E-state index is 15.1. The van der Waals surface area contributed by atoms with E-state index in [-0.39, 0.29) is 6.29 Å². The van der Waals surface area contributed by atoms with Gasteiger partial charge in [0.25, 0.3) is 0 Å². The number of rotatable bonds is 14. The van der Waals surface area contributed by atoms with Crippen molar-refractivity contribution in [1.29, 1.82) is 0 Å². The fourth-order valence-electron chi connectivity index (χ4n) is 6.83. The van der Waals surface area contributed by atoms with Crippen LogP contribution in [0.1, 0.15) is 103 Å². The Hall–Kier alpha value is -3.52. The Morgan fingerprint density at radius 2 is 0.831 bits per heavy atom. The predicted molar refractivity (Wildman–Crippen MR) is 203 cm³/mol. The second-order valence-electron chi connectivity index (χ2n) is 14.2. The van der Waals surface area contributed by atoms with E-state index in [9.17, 15) is 65.2 Å². The van der Waals surface area contributed by atoms with E-state index in [0.717, 1.165) is 64.2 Å². The van der Waals surface area contributed by atoms with Crippen LogP contribution >= 0.6 is 0 Å². The van der Waals surface area contributed by atoms with Gasteiger partial charge in [0.2, 0.25) is 26.0 Å². The standard InChI is InChI=1S/C17H24F3N3O5S2.C17H23F3N2O5S2/c18-12-13(19)17(29(25,26)9-8-11(21)24)15(14(20)16(12)30(22,27)28)23-10-6-4-2-1-3-5-7-10;18-12-13(19)17(28(24,25)10-6-9-23)15(14(20)16(12)29(21,26)27)22-11-7-4-2-1-3-5-8-11/h10,23H,1-9H2,(H2,21,24)(H2,22,27,28);9,11,22H,1-8,10H2,(H2,21,26,27). The van der Waals surface area contributed by atoms with E-state index >= 15 is 4.39 Å². The molecule has 0 saturated heterocycles. The molecule has 0 spiro atoms. The lowest BCUT2D eigenvalue weighted by Crippen LogP contribution is -2.27. The molecule has 59 heavy (non-hydrogen) atoms. The van der Waals surface area contributed by atoms with E-state index in [4.69, 9.17) is 16.0 Å². The number of halogens is 6. The summed E-state index contributed by atoms with van der Waals surface area (Å²) in [5.74, 6) is -15.1. The van der Waals surface area contributed by atoms with Crippen molar-refractivity contribution in [3.63, 3.8) is 0 Å². The minimum absolute atomic E-state index is 0.267. The third-order valence-corrected chi connectivity index (χ3v) is 15.1. The zero-order chi connectivity index (χ0) is 44.5. The number of carbonyl (C=O) groups is 2. The average Bonchev–Trinajstić information content (AvgIpc) is 3.08. The van der Waals surface area contributed by atoms with Crippen molar-refractivity contribution in [3.8, 4) is 0 Å². The first-order valence-electron chi connectivity index (χ1n) is 18.5. The van der Waals surface area contributed by atoms with Gasteiger partial charge in [-0.05, 0) is 25.7 Å². The zero-order valence-corrected chi connectivity index (χ0v) is 34.9. The molecule has 1 amide bonds. The number of primary amides is 1. The molecule has 15 nitrogen and oxygen atoms in total. The average molecular weight is 928 g/mol. The summed E-state index contributed by atoms with van der Waals surface area (Å²) in [5, 5.41) is 14.8. The van der Waals surface area contributed by atoms with Crippen LogP contribution in [-0.4, -0.2) is 69.5 Å². The number of anilines is 2. The lowest BCUT2D eigenvalue weighted by molar-refractivity contribution is -0.117. The van der Waals surface area contributed by atoms with Crippen LogP contribution in [0.3, 0.4) is 0 Å². The number of nitrogens with one attached hydrogen (secondary N) is 2. The molecule has 2 aromatic carbocycles. The first-order valence-corrected chi connectivity index (χ1v) is 24.9. The Kier molecular flexibility index (Phi) is 17.6. The van der Waals surface area contributed by atoms with Gasteiger partial charge in [0.15, 0.2) is 64.4 Å². The maximum absolute atomic E-state index is 15.1. The van der Waals surface area contributed by atoms with Crippen molar-refractivity contribution in [2.75, 3.05) is 22.1 Å². The highest BCUT2D eigenvalue weighted by Crippen LogP contribution is 2.39. The van der Waals surface area contributed by atoms with Crippen molar-refractivity contribution in [2.24, 2.45) is 16.0 Å². The summed E-state index contributed by atoms with van der Waals surface area (Å²) in [4.78, 5) is 15.3. The van der Waals surface area contributed by atoms with Gasteiger partial charge in [-0.25, -0.2) is 70.3 Å². The van der Waals surface area contributed by atoms with Gasteiger partial charge in [-0.2, -0.15) is 0 Å². The number of sulfone groups is 2. The van der Waals surface area contributed by atoms with Gasteiger partial charge in [0.05, 0.1) is 22.9 Å². The summed E-state index contributed by atoms with van der Waals surface area (Å²) in [5.41, 5.74) is 2.94. The monoisotopic (exact) mass is 927 g/mol. The SMILES string of the molecule is NC(=O)CCS(=O)(=O)c1c(F)c(F)c(S(N)(=O)=O)c(F)c1NC1CCCCCCC1.NS(=O)(=O)c1c(F)c(F)c(S(=O)(=O)CCC=O)c(NC2CCCCCCC2)c1F. The molecule has 0 unspecified atom stereocenters. The lowest BCUT2D eigenvalue weighted by atomic mass is 9.96. The lowest BCUT2D eigenvalue weighted by Gasteiger charge is -2.25. The van der Waals surface area contributed by atoms with E-state index in [2.05, 4.69) is 10.6 Å². The summed E-state index contributed by atoms with van der Waals surface area (Å²) in [6.07, 6.45) is 9.62. The predicted octanol–water partition coefficient (Wildman–Crippen LogP) is 4.56. The van der Waals surface area contributed by atoms with Crippen LogP contribution in [0.4, 0.5) is 37.7 Å². The summed E-state index contributed by atoms with van der Waals surface area (Å²) >= 11 is 0. The van der Waals surface area contributed by atoms with Crippen LogP contribution in [0.25, 0.3) is 0 Å². The zero-order valence-electron chi connectivity index (χ0n) is 31.7. The van der Waals surface area contributed by atoms with E-state index in [1.54, 1.807) is 0 Å². The largest absolute Gasteiger partial charge is 0.379 e. The Bertz CT molecular complexity index is 2320. The molecule has 2 aliphatic carbocycles. The van der Waals surface area contributed by atoms with Crippen LogP contribution in [0.15, 0.2) is 19.6 Å². The number of aldehydes is 1. The first kappa shape index (κ1) is 49.8. The van der Waals surface area contributed by atoms with Crippen LogP contribution in [0.5, 0.6) is 0 Å². The fourth-order valence-corrected chi connectivity index (χ4v) is 11.1. The number of carbonyl (C=O) groups excluding carboxylic acids is 2. The van der Waals surface area contributed by atoms with Crippen molar-refractivity contribution >= 4 is 63.3 Å². The van der Waals surface area contributed by atoms with Crippen molar-refractivity contribution in [1.82, 2.24) is 0 Å². The van der Waals surface area contributed by atoms with Gasteiger partial charge in [0.1, 0.15) is 16.1 Å². The third-order valence-electron chi connectivity index (χ3n) is 9.69. The Morgan fingerprint density at radius 3 is 1.14 bits per heavy atom. The van der Waals surface area contributed by atoms with Gasteiger partial charge < -0.3 is 21.2 Å². The molecule has 2 aliphatic rings. The molecule has 334 valence electrons. The molecule has 2 fully saturated rings. The van der Waals surface area contributed by atoms with E-state index in [1.165, 1.54) is 0 Å². The van der Waals surface area contributed by atoms with Gasteiger partial charge in [0, 0.05) is 24.9 Å². The smallest absolute Gasteiger partial charge is 0.244 e. The Labute approximate surface area is 339 Å². The van der Waals surface area contributed by atoms with Gasteiger partial charge in [-0.15, -0.1) is 0 Å². The topological polar surface area (TPSA) is 273 Å². The van der Waals surface area contributed by atoms with Gasteiger partial charge in [-0.3, -0.25) is 4.79 Å². The molecule has 0 aromatic heterocycles.